The SMILES string of the molecule is O=C(Nc1ccc(-c2nc3ccccc3[nH]2)cc1)C1Cc2ccccc2O1. The average molecular weight is 355 g/mol. The van der Waals surface area contributed by atoms with Crippen LogP contribution in [0.5, 0.6) is 5.75 Å². The Balaban J connectivity index is 1.30. The van der Waals surface area contributed by atoms with E-state index in [0.29, 0.717) is 6.42 Å². The van der Waals surface area contributed by atoms with Gasteiger partial charge < -0.3 is 15.0 Å². The Morgan fingerprint density at radius 3 is 2.59 bits per heavy atom. The van der Waals surface area contributed by atoms with Crippen molar-refractivity contribution in [2.24, 2.45) is 0 Å². The molecule has 0 aliphatic carbocycles. The van der Waals surface area contributed by atoms with Crippen LogP contribution in [0.4, 0.5) is 5.69 Å². The number of nitrogens with zero attached hydrogens (tertiary/aromatic N) is 1. The van der Waals surface area contributed by atoms with Crippen molar-refractivity contribution < 1.29 is 9.53 Å². The molecular weight excluding hydrogens is 338 g/mol. The highest BCUT2D eigenvalue weighted by Gasteiger charge is 2.28. The van der Waals surface area contributed by atoms with Gasteiger partial charge in [0, 0.05) is 17.7 Å². The fraction of sp³-hybridized carbons (Fsp3) is 0.0909. The maximum atomic E-state index is 12.5. The van der Waals surface area contributed by atoms with Gasteiger partial charge in [0.25, 0.3) is 5.91 Å². The number of anilines is 1. The largest absolute Gasteiger partial charge is 0.480 e. The van der Waals surface area contributed by atoms with Gasteiger partial charge in [-0.3, -0.25) is 4.79 Å². The highest BCUT2D eigenvalue weighted by molar-refractivity contribution is 5.95. The van der Waals surface area contributed by atoms with Gasteiger partial charge in [-0.2, -0.15) is 0 Å². The lowest BCUT2D eigenvalue weighted by molar-refractivity contribution is -0.122. The van der Waals surface area contributed by atoms with Crippen LogP contribution in [-0.4, -0.2) is 22.0 Å². The fourth-order valence-corrected chi connectivity index (χ4v) is 3.35. The molecule has 0 saturated carbocycles. The van der Waals surface area contributed by atoms with Crippen molar-refractivity contribution in [3.63, 3.8) is 0 Å². The maximum Gasteiger partial charge on any atom is 0.265 e. The number of amides is 1. The Hall–Kier alpha value is -3.60. The number of rotatable bonds is 3. The summed E-state index contributed by atoms with van der Waals surface area (Å²) in [7, 11) is 0. The first-order valence-electron chi connectivity index (χ1n) is 8.87. The zero-order valence-corrected chi connectivity index (χ0v) is 14.5. The van der Waals surface area contributed by atoms with E-state index >= 15 is 0 Å². The molecule has 1 aliphatic rings. The molecule has 5 nitrogen and oxygen atoms in total. The van der Waals surface area contributed by atoms with Crippen molar-refractivity contribution in [2.45, 2.75) is 12.5 Å². The summed E-state index contributed by atoms with van der Waals surface area (Å²) in [6.07, 6.45) is 0.108. The van der Waals surface area contributed by atoms with E-state index in [-0.39, 0.29) is 5.91 Å². The Morgan fingerprint density at radius 2 is 1.78 bits per heavy atom. The number of aromatic nitrogens is 2. The summed E-state index contributed by atoms with van der Waals surface area (Å²) in [4.78, 5) is 20.4. The van der Waals surface area contributed by atoms with E-state index in [1.54, 1.807) is 0 Å². The minimum Gasteiger partial charge on any atom is -0.480 e. The highest BCUT2D eigenvalue weighted by atomic mass is 16.5. The van der Waals surface area contributed by atoms with Crippen LogP contribution < -0.4 is 10.1 Å². The number of nitrogens with one attached hydrogen (secondary N) is 2. The number of hydrogen-bond donors (Lipinski definition) is 2. The highest BCUT2D eigenvalue weighted by Crippen LogP contribution is 2.29. The first-order valence-corrected chi connectivity index (χ1v) is 8.87. The third-order valence-electron chi connectivity index (χ3n) is 4.75. The number of H-pyrrole nitrogens is 1. The molecule has 5 rings (SSSR count). The van der Waals surface area contributed by atoms with E-state index in [9.17, 15) is 4.79 Å². The molecule has 2 heterocycles. The molecule has 3 aromatic carbocycles. The molecule has 5 heteroatoms. The number of fused-ring (bicyclic) bond motifs is 2. The maximum absolute atomic E-state index is 12.5. The number of carbonyl (C=O) groups is 1. The molecule has 0 radical (unpaired) electrons. The molecule has 2 N–H and O–H groups in total. The van der Waals surface area contributed by atoms with Gasteiger partial charge in [-0.05, 0) is 48.0 Å². The second-order valence-electron chi connectivity index (χ2n) is 6.59. The Labute approximate surface area is 156 Å². The summed E-state index contributed by atoms with van der Waals surface area (Å²) in [5.74, 6) is 1.46. The van der Waals surface area contributed by atoms with Crippen LogP contribution in [0.1, 0.15) is 5.56 Å². The van der Waals surface area contributed by atoms with Crippen LogP contribution in [0.2, 0.25) is 0 Å². The second kappa shape index (κ2) is 6.29. The third kappa shape index (κ3) is 2.93. The van der Waals surface area contributed by atoms with Gasteiger partial charge in [0.1, 0.15) is 11.6 Å². The quantitative estimate of drug-likeness (QED) is 0.579. The van der Waals surface area contributed by atoms with Crippen LogP contribution in [-0.2, 0) is 11.2 Å². The Kier molecular flexibility index (Phi) is 3.64. The van der Waals surface area contributed by atoms with E-state index in [1.165, 1.54) is 0 Å². The van der Waals surface area contributed by atoms with Crippen molar-refractivity contribution in [3.8, 4) is 17.1 Å². The second-order valence-corrected chi connectivity index (χ2v) is 6.59. The predicted molar refractivity (Wildman–Crippen MR) is 105 cm³/mol. The number of hydrogen-bond acceptors (Lipinski definition) is 3. The summed E-state index contributed by atoms with van der Waals surface area (Å²) in [6, 6.07) is 23.3. The smallest absolute Gasteiger partial charge is 0.265 e. The summed E-state index contributed by atoms with van der Waals surface area (Å²) in [5, 5.41) is 2.93. The molecule has 1 aromatic heterocycles. The van der Waals surface area contributed by atoms with Crippen LogP contribution in [0.25, 0.3) is 22.4 Å². The molecule has 0 bridgehead atoms. The van der Waals surface area contributed by atoms with Crippen LogP contribution in [0.3, 0.4) is 0 Å². The van der Waals surface area contributed by atoms with Gasteiger partial charge in [0.2, 0.25) is 0 Å². The van der Waals surface area contributed by atoms with Gasteiger partial charge >= 0.3 is 0 Å². The lowest BCUT2D eigenvalue weighted by Gasteiger charge is -2.11. The van der Waals surface area contributed by atoms with E-state index < -0.39 is 6.10 Å². The molecule has 0 saturated heterocycles. The topological polar surface area (TPSA) is 67.0 Å². The first kappa shape index (κ1) is 15.6. The number of benzene rings is 3. The normalized spacial score (nSPS) is 15.3. The van der Waals surface area contributed by atoms with Crippen molar-refractivity contribution in [3.05, 3.63) is 78.4 Å². The van der Waals surface area contributed by atoms with Crippen LogP contribution in [0.15, 0.2) is 72.8 Å². The van der Waals surface area contributed by atoms with Crippen LogP contribution >= 0.6 is 0 Å². The molecular formula is C22H17N3O2. The van der Waals surface area contributed by atoms with Gasteiger partial charge in [-0.1, -0.05) is 30.3 Å². The summed E-state index contributed by atoms with van der Waals surface area (Å²) < 4.78 is 5.74. The van der Waals surface area contributed by atoms with Crippen molar-refractivity contribution in [1.82, 2.24) is 9.97 Å². The average Bonchev–Trinajstić information content (AvgIpc) is 3.32. The summed E-state index contributed by atoms with van der Waals surface area (Å²) in [6.45, 7) is 0. The minimum atomic E-state index is -0.488. The van der Waals surface area contributed by atoms with E-state index in [4.69, 9.17) is 4.74 Å². The van der Waals surface area contributed by atoms with Crippen molar-refractivity contribution in [1.29, 1.82) is 0 Å². The molecule has 1 aliphatic heterocycles. The number of aromatic amines is 1. The summed E-state index contributed by atoms with van der Waals surface area (Å²) in [5.41, 5.74) is 4.71. The molecule has 1 unspecified atom stereocenters. The summed E-state index contributed by atoms with van der Waals surface area (Å²) >= 11 is 0. The first-order chi connectivity index (χ1) is 13.3. The number of para-hydroxylation sites is 3. The fourth-order valence-electron chi connectivity index (χ4n) is 3.35. The molecule has 132 valence electrons. The Morgan fingerprint density at radius 1 is 1.00 bits per heavy atom. The predicted octanol–water partition coefficient (Wildman–Crippen LogP) is 4.17. The Bertz CT molecular complexity index is 1070. The lowest BCUT2D eigenvalue weighted by atomic mass is 10.1. The van der Waals surface area contributed by atoms with Crippen molar-refractivity contribution in [2.75, 3.05) is 5.32 Å². The van der Waals surface area contributed by atoms with E-state index in [1.807, 2.05) is 72.8 Å². The number of ether oxygens (including phenoxy) is 1. The van der Waals surface area contributed by atoms with Gasteiger partial charge in [0.05, 0.1) is 11.0 Å². The zero-order valence-electron chi connectivity index (χ0n) is 14.5. The standard InChI is InChI=1S/C22H17N3O2/c26-22(20-13-15-5-1-4-8-19(15)27-20)23-16-11-9-14(10-12-16)21-24-17-6-2-3-7-18(17)25-21/h1-12,20H,13H2,(H,23,26)(H,24,25). The monoisotopic (exact) mass is 355 g/mol. The molecule has 1 atom stereocenters. The van der Waals surface area contributed by atoms with Gasteiger partial charge in [-0.25, -0.2) is 4.98 Å². The molecule has 1 amide bonds. The molecule has 27 heavy (non-hydrogen) atoms. The van der Waals surface area contributed by atoms with E-state index in [2.05, 4.69) is 15.3 Å². The van der Waals surface area contributed by atoms with E-state index in [0.717, 1.165) is 39.4 Å². The number of carbonyl (C=O) groups excluding carboxylic acids is 1. The molecule has 0 fully saturated rings. The molecule has 4 aromatic rings. The zero-order chi connectivity index (χ0) is 18.2. The van der Waals surface area contributed by atoms with Gasteiger partial charge in [0.15, 0.2) is 6.10 Å². The van der Waals surface area contributed by atoms with Gasteiger partial charge in [-0.15, -0.1) is 0 Å². The van der Waals surface area contributed by atoms with Crippen LogP contribution in [0, 0.1) is 0 Å². The number of imidazole rings is 1. The molecule has 0 spiro atoms. The lowest BCUT2D eigenvalue weighted by Crippen LogP contribution is -2.31. The third-order valence-corrected chi connectivity index (χ3v) is 4.75. The minimum absolute atomic E-state index is 0.136. The van der Waals surface area contributed by atoms with Crippen molar-refractivity contribution >= 4 is 22.6 Å².